The van der Waals surface area contributed by atoms with Crippen LogP contribution in [0.4, 0.5) is 0 Å². The number of hydrogen-bond acceptors (Lipinski definition) is 3. The van der Waals surface area contributed by atoms with E-state index in [1.807, 2.05) is 0 Å². The lowest BCUT2D eigenvalue weighted by molar-refractivity contribution is -0.123. The van der Waals surface area contributed by atoms with Gasteiger partial charge in [-0.1, -0.05) is 5.92 Å². The maximum atomic E-state index is 10.8. The van der Waals surface area contributed by atoms with E-state index in [2.05, 4.69) is 11.2 Å². The van der Waals surface area contributed by atoms with Crippen LogP contribution in [0.5, 0.6) is 0 Å². The van der Waals surface area contributed by atoms with E-state index in [0.29, 0.717) is 6.29 Å². The molecule has 0 radical (unpaired) electrons. The minimum atomic E-state index is -0.209. The highest BCUT2D eigenvalue weighted by atomic mass is 16.5. The third-order valence-corrected chi connectivity index (χ3v) is 1.04. The van der Waals surface area contributed by atoms with Gasteiger partial charge in [0.1, 0.15) is 12.9 Å². The summed E-state index contributed by atoms with van der Waals surface area (Å²) in [5, 5.41) is 2.37. The molecule has 0 aliphatic heterocycles. The Morgan fingerprint density at radius 1 is 1.67 bits per heavy atom. The van der Waals surface area contributed by atoms with E-state index < -0.39 is 0 Å². The molecule has 0 heterocycles. The lowest BCUT2D eigenvalue weighted by Crippen LogP contribution is -2.26. The van der Waals surface area contributed by atoms with E-state index in [4.69, 9.17) is 11.2 Å². The lowest BCUT2D eigenvalue weighted by Gasteiger charge is -2.00. The van der Waals surface area contributed by atoms with Crippen LogP contribution in [-0.4, -0.2) is 32.0 Å². The van der Waals surface area contributed by atoms with Crippen LogP contribution < -0.4 is 5.32 Å². The number of carbonyl (C=O) groups is 2. The largest absolute Gasteiger partial charge is 0.368 e. The van der Waals surface area contributed by atoms with Crippen LogP contribution in [0.2, 0.25) is 0 Å². The first-order chi connectivity index (χ1) is 5.81. The topological polar surface area (TPSA) is 55.4 Å². The molecule has 0 aromatic carbocycles. The number of hydrogen-bond donors (Lipinski definition) is 1. The van der Waals surface area contributed by atoms with E-state index in [1.54, 1.807) is 0 Å². The van der Waals surface area contributed by atoms with Gasteiger partial charge in [0.15, 0.2) is 0 Å². The normalized spacial score (nSPS) is 8.58. The summed E-state index contributed by atoms with van der Waals surface area (Å²) in [6.07, 6.45) is 5.76. The Morgan fingerprint density at radius 2 is 2.42 bits per heavy atom. The van der Waals surface area contributed by atoms with E-state index >= 15 is 0 Å². The summed E-state index contributed by atoms with van der Waals surface area (Å²) in [6, 6.07) is 0. The molecule has 4 nitrogen and oxygen atoms in total. The number of carbonyl (C=O) groups excluding carboxylic acids is 2. The summed E-state index contributed by atoms with van der Waals surface area (Å²) in [7, 11) is 0. The average molecular weight is 169 g/mol. The van der Waals surface area contributed by atoms with Crippen molar-refractivity contribution in [2.45, 2.75) is 6.42 Å². The number of aldehydes is 1. The van der Waals surface area contributed by atoms with Gasteiger partial charge in [-0.3, -0.25) is 4.79 Å². The third kappa shape index (κ3) is 6.78. The monoisotopic (exact) mass is 169 g/mol. The molecule has 4 heteroatoms. The fourth-order valence-corrected chi connectivity index (χ4v) is 0.540. The van der Waals surface area contributed by atoms with Gasteiger partial charge in [0.25, 0.3) is 0 Å². The van der Waals surface area contributed by atoms with Crippen LogP contribution in [0.1, 0.15) is 6.42 Å². The molecule has 0 rings (SSSR count). The van der Waals surface area contributed by atoms with Crippen molar-refractivity contribution in [3.63, 3.8) is 0 Å². The summed E-state index contributed by atoms with van der Waals surface area (Å²) in [5.41, 5.74) is 0. The number of terminal acetylenes is 1. The maximum absolute atomic E-state index is 10.8. The summed E-state index contributed by atoms with van der Waals surface area (Å²) in [4.78, 5) is 20.6. The molecule has 0 aromatic heterocycles. The highest BCUT2D eigenvalue weighted by Gasteiger charge is 1.98. The van der Waals surface area contributed by atoms with E-state index in [1.165, 1.54) is 0 Å². The Bertz CT molecular complexity index is 183. The van der Waals surface area contributed by atoms with E-state index in [-0.39, 0.29) is 32.1 Å². The second kappa shape index (κ2) is 7.76. The summed E-state index contributed by atoms with van der Waals surface area (Å²) < 4.78 is 4.85. The second-order valence-electron chi connectivity index (χ2n) is 1.98. The molecule has 0 saturated heterocycles. The van der Waals surface area contributed by atoms with Crippen molar-refractivity contribution < 1.29 is 14.3 Å². The van der Waals surface area contributed by atoms with Crippen molar-refractivity contribution in [2.75, 3.05) is 19.8 Å². The molecule has 0 unspecified atom stereocenters. The SMILES string of the molecule is C#CCOCCC(=O)NCC=O. The Hall–Kier alpha value is -1.34. The second-order valence-corrected chi connectivity index (χ2v) is 1.98. The highest BCUT2D eigenvalue weighted by molar-refractivity contribution is 5.78. The number of nitrogens with one attached hydrogen (secondary N) is 1. The summed E-state index contributed by atoms with van der Waals surface area (Å²) in [6.45, 7) is 0.545. The van der Waals surface area contributed by atoms with Gasteiger partial charge in [-0.25, -0.2) is 0 Å². The van der Waals surface area contributed by atoms with Crippen molar-refractivity contribution in [1.29, 1.82) is 0 Å². The highest BCUT2D eigenvalue weighted by Crippen LogP contribution is 1.81. The number of rotatable bonds is 6. The molecule has 1 amide bonds. The van der Waals surface area contributed by atoms with Crippen molar-refractivity contribution in [2.24, 2.45) is 0 Å². The average Bonchev–Trinajstić information content (AvgIpc) is 2.09. The summed E-state index contributed by atoms with van der Waals surface area (Å²) >= 11 is 0. The van der Waals surface area contributed by atoms with Crippen molar-refractivity contribution in [3.8, 4) is 12.3 Å². The Morgan fingerprint density at radius 3 is 3.00 bits per heavy atom. The molecule has 12 heavy (non-hydrogen) atoms. The molecule has 0 saturated carbocycles. The van der Waals surface area contributed by atoms with Crippen molar-refractivity contribution in [1.82, 2.24) is 5.32 Å². The molecule has 1 N–H and O–H groups in total. The van der Waals surface area contributed by atoms with Crippen molar-refractivity contribution in [3.05, 3.63) is 0 Å². The fourth-order valence-electron chi connectivity index (χ4n) is 0.540. The van der Waals surface area contributed by atoms with Gasteiger partial charge in [-0.05, 0) is 0 Å². The van der Waals surface area contributed by atoms with Gasteiger partial charge in [-0.2, -0.15) is 0 Å². The first-order valence-electron chi connectivity index (χ1n) is 3.52. The zero-order valence-electron chi connectivity index (χ0n) is 6.71. The molecule has 0 aliphatic rings. The third-order valence-electron chi connectivity index (χ3n) is 1.04. The smallest absolute Gasteiger partial charge is 0.222 e. The van der Waals surface area contributed by atoms with E-state index in [9.17, 15) is 9.59 Å². The zero-order valence-corrected chi connectivity index (χ0v) is 6.71. The van der Waals surface area contributed by atoms with Crippen LogP contribution in [0, 0.1) is 12.3 Å². The van der Waals surface area contributed by atoms with Gasteiger partial charge >= 0.3 is 0 Å². The van der Waals surface area contributed by atoms with Gasteiger partial charge in [0.05, 0.1) is 19.6 Å². The molecular formula is C8H11NO3. The molecule has 0 bridgehead atoms. The minimum Gasteiger partial charge on any atom is -0.368 e. The number of ether oxygens (including phenoxy) is 1. The first kappa shape index (κ1) is 10.7. The molecule has 0 atom stereocenters. The lowest BCUT2D eigenvalue weighted by atomic mass is 10.4. The molecule has 0 aliphatic carbocycles. The predicted molar refractivity (Wildman–Crippen MR) is 43.3 cm³/mol. The molecule has 0 aromatic rings. The van der Waals surface area contributed by atoms with Gasteiger partial charge in [-0.15, -0.1) is 6.42 Å². The quantitative estimate of drug-likeness (QED) is 0.326. The van der Waals surface area contributed by atoms with Gasteiger partial charge in [0.2, 0.25) is 5.91 Å². The molecule has 0 spiro atoms. The maximum Gasteiger partial charge on any atom is 0.222 e. The summed E-state index contributed by atoms with van der Waals surface area (Å²) in [5.74, 6) is 2.07. The van der Waals surface area contributed by atoms with Crippen LogP contribution in [0.15, 0.2) is 0 Å². The van der Waals surface area contributed by atoms with Crippen LogP contribution in [0.25, 0.3) is 0 Å². The number of amides is 1. The standard InChI is InChI=1S/C8H11NO3/c1-2-6-12-7-3-8(11)9-4-5-10/h1,5H,3-4,6-7H2,(H,9,11). The fraction of sp³-hybridized carbons (Fsp3) is 0.500. The molecule has 0 fully saturated rings. The molecular weight excluding hydrogens is 158 g/mol. The Kier molecular flexibility index (Phi) is 6.90. The zero-order chi connectivity index (χ0) is 9.23. The first-order valence-corrected chi connectivity index (χ1v) is 3.52. The van der Waals surface area contributed by atoms with Crippen LogP contribution >= 0.6 is 0 Å². The van der Waals surface area contributed by atoms with Gasteiger partial charge < -0.3 is 14.8 Å². The van der Waals surface area contributed by atoms with Crippen LogP contribution in [0.3, 0.4) is 0 Å². The Balaban J connectivity index is 3.20. The van der Waals surface area contributed by atoms with Gasteiger partial charge in [0, 0.05) is 0 Å². The van der Waals surface area contributed by atoms with Crippen molar-refractivity contribution >= 4 is 12.2 Å². The molecule has 66 valence electrons. The Labute approximate surface area is 71.3 Å². The predicted octanol–water partition coefficient (Wildman–Crippen LogP) is -0.659. The van der Waals surface area contributed by atoms with E-state index in [0.717, 1.165) is 0 Å². The van der Waals surface area contributed by atoms with Crippen LogP contribution in [-0.2, 0) is 14.3 Å². The minimum absolute atomic E-state index is 0.0496.